The summed E-state index contributed by atoms with van der Waals surface area (Å²) < 4.78 is 34.0. The summed E-state index contributed by atoms with van der Waals surface area (Å²) in [6, 6.07) is 10.7. The van der Waals surface area contributed by atoms with Gasteiger partial charge < -0.3 is 15.2 Å². The molecule has 0 radical (unpaired) electrons. The fourth-order valence-corrected chi connectivity index (χ4v) is 4.26. The van der Waals surface area contributed by atoms with Gasteiger partial charge in [-0.25, -0.2) is 13.8 Å². The first kappa shape index (κ1) is 27.3. The van der Waals surface area contributed by atoms with E-state index in [4.69, 9.17) is 14.8 Å². The van der Waals surface area contributed by atoms with Crippen molar-refractivity contribution in [1.82, 2.24) is 20.2 Å². The molecule has 1 fully saturated rings. The van der Waals surface area contributed by atoms with Crippen LogP contribution in [0.4, 0.5) is 8.78 Å². The van der Waals surface area contributed by atoms with Crippen molar-refractivity contribution in [2.24, 2.45) is 0 Å². The van der Waals surface area contributed by atoms with Crippen LogP contribution in [-0.2, 0) is 4.74 Å². The number of allylic oxidation sites excluding steroid dienone is 2. The Labute approximate surface area is 220 Å². The fourth-order valence-electron chi connectivity index (χ4n) is 4.26. The Morgan fingerprint density at radius 3 is 2.74 bits per heavy atom. The molecule has 0 atom stereocenters. The number of ether oxygens (including phenoxy) is 1. The highest BCUT2D eigenvalue weighted by molar-refractivity contribution is 5.96. The van der Waals surface area contributed by atoms with E-state index in [2.05, 4.69) is 16.9 Å². The molecule has 1 amide bonds. The summed E-state index contributed by atoms with van der Waals surface area (Å²) in [5.74, 6) is -0.966. The van der Waals surface area contributed by atoms with Crippen LogP contribution in [0.15, 0.2) is 73.0 Å². The van der Waals surface area contributed by atoms with Gasteiger partial charge in [0, 0.05) is 48.4 Å². The van der Waals surface area contributed by atoms with Gasteiger partial charge >= 0.3 is 0 Å². The van der Waals surface area contributed by atoms with Gasteiger partial charge in [-0.3, -0.25) is 14.7 Å². The molecule has 1 aliphatic heterocycles. The second kappa shape index (κ2) is 12.6. The number of nitrogens with zero attached hydrogens (tertiary/aromatic N) is 3. The molecule has 2 heterocycles. The third kappa shape index (κ3) is 6.36. The molecule has 0 aliphatic carbocycles. The summed E-state index contributed by atoms with van der Waals surface area (Å²) in [6.07, 6.45) is 3.16. The lowest BCUT2D eigenvalue weighted by Crippen LogP contribution is -2.37. The number of nitrogens with one attached hydrogen (secondary N) is 1. The largest absolute Gasteiger partial charge is 0.395 e. The number of carbonyl (C=O) groups excluding carboxylic acids is 1. The van der Waals surface area contributed by atoms with Gasteiger partial charge in [-0.05, 0) is 42.3 Å². The highest BCUT2D eigenvalue weighted by atomic mass is 19.1. The minimum absolute atomic E-state index is 0.0568. The van der Waals surface area contributed by atoms with E-state index >= 15 is 4.39 Å². The summed E-state index contributed by atoms with van der Waals surface area (Å²) in [5, 5.41) is 11.6. The van der Waals surface area contributed by atoms with Crippen molar-refractivity contribution in [2.45, 2.75) is 6.92 Å². The monoisotopic (exact) mass is 520 g/mol. The van der Waals surface area contributed by atoms with E-state index in [0.717, 1.165) is 11.1 Å². The molecular weight excluding hydrogens is 490 g/mol. The molecule has 1 aliphatic rings. The summed E-state index contributed by atoms with van der Waals surface area (Å²) in [5.41, 5.74) is 4.57. The third-order valence-electron chi connectivity index (χ3n) is 6.32. The SMILES string of the molecule is C=C(/C=C(F)\C(=C\F)CN1CCOCC1)c1cccc2ncc(-c3ccc(C(=O)NCCO)c(C)c3)nc12. The van der Waals surface area contributed by atoms with Crippen LogP contribution < -0.4 is 5.32 Å². The van der Waals surface area contributed by atoms with E-state index in [1.54, 1.807) is 36.5 Å². The maximum Gasteiger partial charge on any atom is 0.251 e. The van der Waals surface area contributed by atoms with Crippen molar-refractivity contribution < 1.29 is 23.4 Å². The summed E-state index contributed by atoms with van der Waals surface area (Å²) in [7, 11) is 0. The maximum absolute atomic E-state index is 15.1. The molecule has 0 spiro atoms. The average Bonchev–Trinajstić information content (AvgIpc) is 2.94. The lowest BCUT2D eigenvalue weighted by molar-refractivity contribution is 0.0421. The molecule has 1 saturated heterocycles. The molecule has 0 bridgehead atoms. The van der Waals surface area contributed by atoms with Crippen molar-refractivity contribution in [2.75, 3.05) is 46.0 Å². The van der Waals surface area contributed by atoms with Crippen molar-refractivity contribution >= 4 is 22.5 Å². The van der Waals surface area contributed by atoms with Crippen LogP contribution >= 0.6 is 0 Å². The van der Waals surface area contributed by atoms with E-state index in [1.165, 1.54) is 6.08 Å². The molecule has 1 aromatic heterocycles. The lowest BCUT2D eigenvalue weighted by Gasteiger charge is -2.26. The van der Waals surface area contributed by atoms with Crippen molar-refractivity contribution in [1.29, 1.82) is 0 Å². The number of aliphatic hydroxyl groups is 1. The maximum atomic E-state index is 15.1. The molecule has 0 saturated carbocycles. The fraction of sp³-hybridized carbons (Fsp3) is 0.276. The number of carbonyl (C=O) groups is 1. The van der Waals surface area contributed by atoms with Gasteiger partial charge in [0.25, 0.3) is 5.91 Å². The Balaban J connectivity index is 1.61. The number of rotatable bonds is 9. The number of morpholine rings is 1. The van der Waals surface area contributed by atoms with E-state index in [-0.39, 0.29) is 31.2 Å². The zero-order valence-electron chi connectivity index (χ0n) is 21.2. The first-order chi connectivity index (χ1) is 18.4. The van der Waals surface area contributed by atoms with Gasteiger partial charge in [-0.2, -0.15) is 0 Å². The van der Waals surface area contributed by atoms with Gasteiger partial charge in [0.15, 0.2) is 0 Å². The molecule has 4 rings (SSSR count). The number of hydrogen-bond donors (Lipinski definition) is 2. The van der Waals surface area contributed by atoms with E-state index in [0.29, 0.717) is 66.1 Å². The Kier molecular flexibility index (Phi) is 9.06. The van der Waals surface area contributed by atoms with Crippen LogP contribution in [-0.4, -0.2) is 71.9 Å². The Bertz CT molecular complexity index is 1400. The lowest BCUT2D eigenvalue weighted by atomic mass is 10.0. The van der Waals surface area contributed by atoms with Crippen molar-refractivity contribution in [3.63, 3.8) is 0 Å². The predicted molar refractivity (Wildman–Crippen MR) is 144 cm³/mol. The molecule has 0 unspecified atom stereocenters. The molecule has 9 heteroatoms. The summed E-state index contributed by atoms with van der Waals surface area (Å²) >= 11 is 0. The number of para-hydroxylation sites is 1. The first-order valence-electron chi connectivity index (χ1n) is 12.3. The van der Waals surface area contributed by atoms with Gasteiger partial charge in [-0.15, -0.1) is 0 Å². The second-order valence-electron chi connectivity index (χ2n) is 8.98. The second-order valence-corrected chi connectivity index (χ2v) is 8.98. The van der Waals surface area contributed by atoms with Crippen LogP contribution in [0.5, 0.6) is 0 Å². The van der Waals surface area contributed by atoms with Gasteiger partial charge in [0.1, 0.15) is 5.83 Å². The highest BCUT2D eigenvalue weighted by Crippen LogP contribution is 2.28. The minimum atomic E-state index is -0.698. The van der Waals surface area contributed by atoms with Crippen LogP contribution in [0.3, 0.4) is 0 Å². The zero-order valence-corrected chi connectivity index (χ0v) is 21.2. The number of amides is 1. The quantitative estimate of drug-likeness (QED) is 0.407. The number of halogens is 2. The highest BCUT2D eigenvalue weighted by Gasteiger charge is 2.17. The Morgan fingerprint density at radius 2 is 2.03 bits per heavy atom. The zero-order chi connectivity index (χ0) is 27.1. The number of benzene rings is 2. The van der Waals surface area contributed by atoms with Crippen molar-refractivity contribution in [3.8, 4) is 11.3 Å². The number of aryl methyl sites for hydroxylation is 1. The number of aliphatic hydroxyl groups excluding tert-OH is 1. The van der Waals surface area contributed by atoms with Crippen molar-refractivity contribution in [3.05, 3.63) is 89.7 Å². The van der Waals surface area contributed by atoms with Crippen LogP contribution in [0, 0.1) is 6.92 Å². The molecule has 7 nitrogen and oxygen atoms in total. The average molecular weight is 521 g/mol. The normalized spacial score (nSPS) is 15.1. The number of fused-ring (bicyclic) bond motifs is 1. The van der Waals surface area contributed by atoms with Gasteiger partial charge in [-0.1, -0.05) is 24.8 Å². The third-order valence-corrected chi connectivity index (χ3v) is 6.32. The Morgan fingerprint density at radius 1 is 1.24 bits per heavy atom. The number of aromatic nitrogens is 2. The van der Waals surface area contributed by atoms with Crippen LogP contribution in [0.2, 0.25) is 0 Å². The van der Waals surface area contributed by atoms with Gasteiger partial charge in [0.05, 0.1) is 49.1 Å². The van der Waals surface area contributed by atoms with Gasteiger partial charge in [0.2, 0.25) is 0 Å². The smallest absolute Gasteiger partial charge is 0.251 e. The van der Waals surface area contributed by atoms with Crippen LogP contribution in [0.1, 0.15) is 21.5 Å². The first-order valence-corrected chi connectivity index (χ1v) is 12.3. The Hall–Kier alpha value is -3.79. The number of hydrogen-bond acceptors (Lipinski definition) is 6. The standard InChI is InChI=1S/C29H30F2N4O3/c1-19-14-21(6-7-24(19)29(37)32-8-11-36)27-17-33-26-5-3-4-23(28(26)34-27)20(2)15-25(31)22(16-30)18-35-9-12-38-13-10-35/h3-7,14-17,36H,2,8-13,18H2,1H3,(H,32,37)/b22-16+,25-15+. The molecule has 2 N–H and O–H groups in total. The summed E-state index contributed by atoms with van der Waals surface area (Å²) in [4.78, 5) is 23.5. The van der Waals surface area contributed by atoms with E-state index in [9.17, 15) is 9.18 Å². The summed E-state index contributed by atoms with van der Waals surface area (Å²) in [6.45, 7) is 8.31. The molecule has 198 valence electrons. The molecule has 2 aromatic carbocycles. The van der Waals surface area contributed by atoms with E-state index < -0.39 is 5.83 Å². The molecule has 3 aromatic rings. The molecular formula is C29H30F2N4O3. The van der Waals surface area contributed by atoms with E-state index in [1.807, 2.05) is 17.9 Å². The molecule has 38 heavy (non-hydrogen) atoms. The predicted octanol–water partition coefficient (Wildman–Crippen LogP) is 4.38. The topological polar surface area (TPSA) is 87.6 Å². The minimum Gasteiger partial charge on any atom is -0.395 e. The van der Waals surface area contributed by atoms with Crippen LogP contribution in [0.25, 0.3) is 27.9 Å².